The first-order valence-corrected chi connectivity index (χ1v) is 4.51. The summed E-state index contributed by atoms with van der Waals surface area (Å²) in [5.74, 6) is 0.775. The van der Waals surface area contributed by atoms with Crippen LogP contribution in [-0.2, 0) is 14.3 Å². The molecule has 14 heavy (non-hydrogen) atoms. The first-order valence-electron chi connectivity index (χ1n) is 4.51. The Morgan fingerprint density at radius 3 is 2.29 bits per heavy atom. The Morgan fingerprint density at radius 1 is 1.50 bits per heavy atom. The van der Waals surface area contributed by atoms with Crippen LogP contribution in [-0.4, -0.2) is 18.4 Å². The van der Waals surface area contributed by atoms with E-state index in [-0.39, 0.29) is 12.4 Å². The smallest absolute Gasteiger partial charge is 0.318 e. The first-order chi connectivity index (χ1) is 6.36. The van der Waals surface area contributed by atoms with Crippen molar-refractivity contribution in [2.24, 2.45) is 11.3 Å². The average Bonchev–Trinajstić information content (AvgIpc) is 2.03. The SMILES string of the molecule is C#CC(C)(C)C(C(C)=O)C(=O)OCC. The van der Waals surface area contributed by atoms with E-state index in [2.05, 4.69) is 5.92 Å². The maximum atomic E-state index is 11.5. The molecule has 0 rings (SSSR count). The molecule has 0 aliphatic heterocycles. The van der Waals surface area contributed by atoms with E-state index in [4.69, 9.17) is 11.2 Å². The second kappa shape index (κ2) is 4.80. The zero-order valence-corrected chi connectivity index (χ0v) is 9.09. The molecule has 0 aromatic rings. The van der Waals surface area contributed by atoms with Crippen molar-refractivity contribution >= 4 is 11.8 Å². The van der Waals surface area contributed by atoms with E-state index in [9.17, 15) is 9.59 Å². The van der Waals surface area contributed by atoms with Gasteiger partial charge in [-0.2, -0.15) is 0 Å². The molecule has 0 radical (unpaired) electrons. The Balaban J connectivity index is 4.89. The molecule has 3 nitrogen and oxygen atoms in total. The molecule has 0 amide bonds. The van der Waals surface area contributed by atoms with Crippen molar-refractivity contribution in [1.82, 2.24) is 0 Å². The lowest BCUT2D eigenvalue weighted by atomic mass is 9.77. The molecule has 0 N–H and O–H groups in total. The molecule has 0 aliphatic rings. The van der Waals surface area contributed by atoms with Crippen molar-refractivity contribution < 1.29 is 14.3 Å². The Hall–Kier alpha value is -1.30. The average molecular weight is 196 g/mol. The van der Waals surface area contributed by atoms with E-state index in [1.807, 2.05) is 0 Å². The number of terminal acetylenes is 1. The molecular formula is C11H16O3. The molecule has 0 saturated heterocycles. The highest BCUT2D eigenvalue weighted by molar-refractivity contribution is 5.99. The molecule has 0 aromatic carbocycles. The fourth-order valence-electron chi connectivity index (χ4n) is 1.28. The third kappa shape index (κ3) is 2.88. The second-order valence-corrected chi connectivity index (χ2v) is 3.66. The summed E-state index contributed by atoms with van der Waals surface area (Å²) in [4.78, 5) is 22.7. The predicted octanol–water partition coefficient (Wildman–Crippen LogP) is 1.41. The minimum absolute atomic E-state index is 0.253. The number of carbonyl (C=O) groups is 2. The Morgan fingerprint density at radius 2 is 2.00 bits per heavy atom. The number of carbonyl (C=O) groups excluding carboxylic acids is 2. The van der Waals surface area contributed by atoms with Crippen molar-refractivity contribution in [3.63, 3.8) is 0 Å². The minimum atomic E-state index is -0.868. The van der Waals surface area contributed by atoms with Crippen LogP contribution in [0.3, 0.4) is 0 Å². The molecule has 0 bridgehead atoms. The molecule has 3 heteroatoms. The van der Waals surface area contributed by atoms with E-state index < -0.39 is 17.3 Å². The van der Waals surface area contributed by atoms with Crippen molar-refractivity contribution in [2.75, 3.05) is 6.61 Å². The van der Waals surface area contributed by atoms with Crippen LogP contribution in [0.25, 0.3) is 0 Å². The third-order valence-electron chi connectivity index (χ3n) is 2.02. The van der Waals surface area contributed by atoms with Crippen molar-refractivity contribution in [2.45, 2.75) is 27.7 Å². The van der Waals surface area contributed by atoms with Crippen LogP contribution in [0.15, 0.2) is 0 Å². The van der Waals surface area contributed by atoms with Crippen molar-refractivity contribution in [1.29, 1.82) is 0 Å². The van der Waals surface area contributed by atoms with Gasteiger partial charge in [0.2, 0.25) is 0 Å². The van der Waals surface area contributed by atoms with Crippen LogP contribution in [0.4, 0.5) is 0 Å². The summed E-state index contributed by atoms with van der Waals surface area (Å²) >= 11 is 0. The molecule has 0 saturated carbocycles. The summed E-state index contributed by atoms with van der Waals surface area (Å²) in [6, 6.07) is 0. The summed E-state index contributed by atoms with van der Waals surface area (Å²) in [7, 11) is 0. The Bertz CT molecular complexity index is 271. The van der Waals surface area contributed by atoms with E-state index in [0.29, 0.717) is 0 Å². The second-order valence-electron chi connectivity index (χ2n) is 3.66. The van der Waals surface area contributed by atoms with Gasteiger partial charge >= 0.3 is 5.97 Å². The maximum absolute atomic E-state index is 11.5. The van der Waals surface area contributed by atoms with Gasteiger partial charge in [0.25, 0.3) is 0 Å². The Labute approximate surface area is 84.8 Å². The zero-order valence-electron chi connectivity index (χ0n) is 9.09. The van der Waals surface area contributed by atoms with Crippen molar-refractivity contribution in [3.8, 4) is 12.3 Å². The van der Waals surface area contributed by atoms with E-state index >= 15 is 0 Å². The van der Waals surface area contributed by atoms with Crippen LogP contribution >= 0.6 is 0 Å². The van der Waals surface area contributed by atoms with Gasteiger partial charge in [0, 0.05) is 5.41 Å². The summed E-state index contributed by atoms with van der Waals surface area (Å²) in [5.41, 5.74) is -0.794. The normalized spacial score (nSPS) is 12.8. The van der Waals surface area contributed by atoms with Crippen LogP contribution in [0, 0.1) is 23.7 Å². The third-order valence-corrected chi connectivity index (χ3v) is 2.02. The van der Waals surface area contributed by atoms with Gasteiger partial charge in [-0.3, -0.25) is 9.59 Å². The number of rotatable bonds is 4. The van der Waals surface area contributed by atoms with Crippen LogP contribution < -0.4 is 0 Å². The largest absolute Gasteiger partial charge is 0.465 e. The van der Waals surface area contributed by atoms with Crippen LogP contribution in [0.2, 0.25) is 0 Å². The van der Waals surface area contributed by atoms with E-state index in [1.54, 1.807) is 20.8 Å². The lowest BCUT2D eigenvalue weighted by molar-refractivity contribution is -0.154. The molecule has 1 unspecified atom stereocenters. The zero-order chi connectivity index (χ0) is 11.4. The van der Waals surface area contributed by atoms with E-state index in [0.717, 1.165) is 0 Å². The standard InChI is InChI=1S/C11H16O3/c1-6-11(4,5)9(8(3)12)10(13)14-7-2/h1,9H,7H2,2-5H3. The maximum Gasteiger partial charge on any atom is 0.318 e. The van der Waals surface area contributed by atoms with Crippen LogP contribution in [0.5, 0.6) is 0 Å². The summed E-state index contributed by atoms with van der Waals surface area (Å²) in [6.45, 7) is 6.65. The molecule has 0 heterocycles. The topological polar surface area (TPSA) is 43.4 Å². The van der Waals surface area contributed by atoms with Gasteiger partial charge < -0.3 is 4.74 Å². The molecule has 0 fully saturated rings. The number of ether oxygens (including phenoxy) is 1. The predicted molar refractivity (Wildman–Crippen MR) is 53.4 cm³/mol. The molecular weight excluding hydrogens is 180 g/mol. The van der Waals surface area contributed by atoms with Gasteiger partial charge in [-0.25, -0.2) is 0 Å². The molecule has 0 aliphatic carbocycles. The first kappa shape index (κ1) is 12.7. The summed E-state index contributed by atoms with van der Waals surface area (Å²) in [6.07, 6.45) is 5.27. The van der Waals surface area contributed by atoms with Gasteiger partial charge in [-0.15, -0.1) is 6.42 Å². The quantitative estimate of drug-likeness (QED) is 0.388. The van der Waals surface area contributed by atoms with Gasteiger partial charge in [-0.05, 0) is 27.7 Å². The highest BCUT2D eigenvalue weighted by Crippen LogP contribution is 2.27. The number of esters is 1. The van der Waals surface area contributed by atoms with Crippen LogP contribution in [0.1, 0.15) is 27.7 Å². The lowest BCUT2D eigenvalue weighted by Crippen LogP contribution is -2.36. The van der Waals surface area contributed by atoms with Gasteiger partial charge in [0.05, 0.1) is 6.61 Å². The number of hydrogen-bond donors (Lipinski definition) is 0. The molecule has 78 valence electrons. The van der Waals surface area contributed by atoms with Gasteiger partial charge in [0.15, 0.2) is 0 Å². The minimum Gasteiger partial charge on any atom is -0.465 e. The Kier molecular flexibility index (Phi) is 4.36. The number of Topliss-reactive ketones (excluding diaryl/α,β-unsaturated/α-hetero) is 1. The van der Waals surface area contributed by atoms with Crippen molar-refractivity contribution in [3.05, 3.63) is 0 Å². The highest BCUT2D eigenvalue weighted by Gasteiger charge is 2.38. The molecule has 0 spiro atoms. The molecule has 1 atom stereocenters. The lowest BCUT2D eigenvalue weighted by Gasteiger charge is -2.25. The monoisotopic (exact) mass is 196 g/mol. The number of hydrogen-bond acceptors (Lipinski definition) is 3. The fraction of sp³-hybridized carbons (Fsp3) is 0.636. The fourth-order valence-corrected chi connectivity index (χ4v) is 1.28. The summed E-state index contributed by atoms with van der Waals surface area (Å²) < 4.78 is 4.80. The number of ketones is 1. The highest BCUT2D eigenvalue weighted by atomic mass is 16.5. The van der Waals surface area contributed by atoms with Gasteiger partial charge in [-0.1, -0.05) is 5.92 Å². The van der Waals surface area contributed by atoms with E-state index in [1.165, 1.54) is 6.92 Å². The van der Waals surface area contributed by atoms with Gasteiger partial charge in [0.1, 0.15) is 11.7 Å². The molecule has 0 aromatic heterocycles. The summed E-state index contributed by atoms with van der Waals surface area (Å²) in [5, 5.41) is 0.